The number of nitrogens with zero attached hydrogens (tertiary/aromatic N) is 2. The lowest BCUT2D eigenvalue weighted by atomic mass is 9.97. The molecule has 2 aromatic rings. The van der Waals surface area contributed by atoms with E-state index in [0.29, 0.717) is 13.0 Å². The van der Waals surface area contributed by atoms with E-state index in [4.69, 9.17) is 0 Å². The van der Waals surface area contributed by atoms with Gasteiger partial charge in [-0.25, -0.2) is 8.42 Å². The molecule has 0 bridgehead atoms. The Balaban J connectivity index is 1.27. The molecule has 0 aromatic heterocycles. The number of rotatable bonds is 8. The van der Waals surface area contributed by atoms with Crippen LogP contribution in [-0.4, -0.2) is 61.3 Å². The smallest absolute Gasteiger partial charge is 0.242 e. The number of carbonyl (C=O) groups is 1. The van der Waals surface area contributed by atoms with Gasteiger partial charge in [0, 0.05) is 37.9 Å². The summed E-state index contributed by atoms with van der Waals surface area (Å²) in [6, 6.07) is 15.9. The minimum Gasteiger partial charge on any atom is -0.376 e. The zero-order valence-electron chi connectivity index (χ0n) is 19.1. The number of fused-ring (bicyclic) bond motifs is 1. The van der Waals surface area contributed by atoms with E-state index < -0.39 is 9.84 Å². The molecule has 6 nitrogen and oxygen atoms in total. The third-order valence-electron chi connectivity index (χ3n) is 7.15. The number of benzene rings is 2. The van der Waals surface area contributed by atoms with Crippen molar-refractivity contribution in [2.45, 2.75) is 44.8 Å². The molecule has 1 amide bonds. The molecule has 1 saturated heterocycles. The Hall–Kier alpha value is -2.38. The van der Waals surface area contributed by atoms with Crippen molar-refractivity contribution in [2.75, 3.05) is 36.5 Å². The van der Waals surface area contributed by atoms with Gasteiger partial charge in [-0.1, -0.05) is 42.5 Å². The van der Waals surface area contributed by atoms with Crippen LogP contribution in [0.2, 0.25) is 0 Å². The van der Waals surface area contributed by atoms with Crippen molar-refractivity contribution in [3.63, 3.8) is 0 Å². The number of sulfone groups is 1. The van der Waals surface area contributed by atoms with Crippen LogP contribution in [-0.2, 0) is 34.1 Å². The summed E-state index contributed by atoms with van der Waals surface area (Å²) < 4.78 is 24.2. The van der Waals surface area contributed by atoms with E-state index in [9.17, 15) is 13.2 Å². The van der Waals surface area contributed by atoms with Crippen molar-refractivity contribution >= 4 is 21.4 Å². The standard InChI is InChI=1S/C26H33N3O3S/c30-26(29(17-20-5-2-1-3-6-20)23-12-14-33(31,32)19-23)15-27-25-8-4-7-22-18-28(13-11-24(22)25)16-21-9-10-21/h1-8,21,23,27H,9-19H2. The first kappa shape index (κ1) is 22.4. The van der Waals surface area contributed by atoms with Crippen LogP contribution < -0.4 is 5.32 Å². The third-order valence-corrected chi connectivity index (χ3v) is 8.90. The Kier molecular flexibility index (Phi) is 6.43. The summed E-state index contributed by atoms with van der Waals surface area (Å²) in [4.78, 5) is 17.6. The molecular weight excluding hydrogens is 434 g/mol. The topological polar surface area (TPSA) is 69.7 Å². The normalized spacial score (nSPS) is 22.0. The molecule has 1 N–H and O–H groups in total. The molecule has 2 heterocycles. The van der Waals surface area contributed by atoms with Crippen molar-refractivity contribution < 1.29 is 13.2 Å². The first-order valence-electron chi connectivity index (χ1n) is 12.1. The van der Waals surface area contributed by atoms with Crippen LogP contribution in [0.4, 0.5) is 5.69 Å². The minimum absolute atomic E-state index is 0.0512. The highest BCUT2D eigenvalue weighted by atomic mass is 32.2. The van der Waals surface area contributed by atoms with E-state index in [2.05, 4.69) is 28.4 Å². The van der Waals surface area contributed by atoms with Gasteiger partial charge in [0.1, 0.15) is 0 Å². The second kappa shape index (κ2) is 9.47. The molecule has 176 valence electrons. The Morgan fingerprint density at radius 2 is 1.88 bits per heavy atom. The van der Waals surface area contributed by atoms with Gasteiger partial charge in [0.2, 0.25) is 5.91 Å². The first-order chi connectivity index (χ1) is 16.0. The number of amides is 1. The second-order valence-electron chi connectivity index (χ2n) is 9.79. The molecule has 1 saturated carbocycles. The van der Waals surface area contributed by atoms with Gasteiger partial charge >= 0.3 is 0 Å². The second-order valence-corrected chi connectivity index (χ2v) is 12.0. The average molecular weight is 468 g/mol. The van der Waals surface area contributed by atoms with Crippen molar-refractivity contribution in [2.24, 2.45) is 5.92 Å². The quantitative estimate of drug-likeness (QED) is 0.646. The molecular formula is C26H33N3O3S. The molecule has 0 spiro atoms. The summed E-state index contributed by atoms with van der Waals surface area (Å²) in [5, 5.41) is 3.39. The largest absolute Gasteiger partial charge is 0.376 e. The number of hydrogen-bond acceptors (Lipinski definition) is 5. The van der Waals surface area contributed by atoms with Crippen LogP contribution in [0.1, 0.15) is 36.0 Å². The summed E-state index contributed by atoms with van der Waals surface area (Å²) >= 11 is 0. The fraction of sp³-hybridized carbons (Fsp3) is 0.500. The predicted octanol–water partition coefficient (Wildman–Crippen LogP) is 3.08. The minimum atomic E-state index is -3.07. The maximum atomic E-state index is 13.3. The lowest BCUT2D eigenvalue weighted by Crippen LogP contribution is -2.43. The van der Waals surface area contributed by atoms with Gasteiger partial charge < -0.3 is 10.2 Å². The summed E-state index contributed by atoms with van der Waals surface area (Å²) in [6.07, 6.45) is 4.25. The zero-order valence-corrected chi connectivity index (χ0v) is 19.9. The van der Waals surface area contributed by atoms with E-state index in [1.807, 2.05) is 30.3 Å². The lowest BCUT2D eigenvalue weighted by molar-refractivity contribution is -0.131. The van der Waals surface area contributed by atoms with E-state index >= 15 is 0 Å². The number of nitrogens with one attached hydrogen (secondary N) is 1. The summed E-state index contributed by atoms with van der Waals surface area (Å²) in [6.45, 7) is 3.86. The highest BCUT2D eigenvalue weighted by molar-refractivity contribution is 7.91. The van der Waals surface area contributed by atoms with Gasteiger partial charge in [-0.3, -0.25) is 9.69 Å². The number of carbonyl (C=O) groups excluding carboxylic acids is 1. The van der Waals surface area contributed by atoms with Crippen molar-refractivity contribution in [3.8, 4) is 0 Å². The molecule has 7 heteroatoms. The van der Waals surface area contributed by atoms with Gasteiger partial charge in [-0.2, -0.15) is 0 Å². The van der Waals surface area contributed by atoms with Crippen LogP contribution in [0.3, 0.4) is 0 Å². The summed E-state index contributed by atoms with van der Waals surface area (Å²) in [5.74, 6) is 1.06. The van der Waals surface area contributed by atoms with Gasteiger partial charge in [0.25, 0.3) is 0 Å². The molecule has 2 fully saturated rings. The third kappa shape index (κ3) is 5.58. The molecule has 2 aliphatic heterocycles. The highest BCUT2D eigenvalue weighted by Crippen LogP contribution is 2.33. The zero-order chi connectivity index (χ0) is 22.8. The molecule has 5 rings (SSSR count). The maximum Gasteiger partial charge on any atom is 0.242 e. The highest BCUT2D eigenvalue weighted by Gasteiger charge is 2.34. The van der Waals surface area contributed by atoms with Crippen LogP contribution in [0.15, 0.2) is 48.5 Å². The van der Waals surface area contributed by atoms with Gasteiger partial charge in [0.05, 0.1) is 18.1 Å². The fourth-order valence-corrected chi connectivity index (χ4v) is 6.88. The maximum absolute atomic E-state index is 13.3. The molecule has 1 atom stereocenters. The Morgan fingerprint density at radius 3 is 2.61 bits per heavy atom. The Morgan fingerprint density at radius 1 is 1.06 bits per heavy atom. The summed E-state index contributed by atoms with van der Waals surface area (Å²) in [5.41, 5.74) is 4.71. The van der Waals surface area contributed by atoms with Crippen LogP contribution in [0.5, 0.6) is 0 Å². The molecule has 1 aliphatic carbocycles. The van der Waals surface area contributed by atoms with E-state index in [-0.39, 0.29) is 30.0 Å². The molecule has 3 aliphatic rings. The lowest BCUT2D eigenvalue weighted by Gasteiger charge is -2.31. The Bertz CT molecular complexity index is 1100. The van der Waals surface area contributed by atoms with E-state index in [0.717, 1.165) is 36.7 Å². The average Bonchev–Trinajstić information content (AvgIpc) is 3.56. The number of hydrogen-bond donors (Lipinski definition) is 1. The van der Waals surface area contributed by atoms with Crippen molar-refractivity contribution in [3.05, 3.63) is 65.2 Å². The van der Waals surface area contributed by atoms with Gasteiger partial charge in [-0.15, -0.1) is 0 Å². The predicted molar refractivity (Wildman–Crippen MR) is 131 cm³/mol. The SMILES string of the molecule is O=C(CNc1cccc2c1CCN(CC1CC1)C2)N(Cc1ccccc1)C1CCS(=O)(=O)C1. The van der Waals surface area contributed by atoms with E-state index in [1.165, 1.54) is 30.5 Å². The van der Waals surface area contributed by atoms with Gasteiger partial charge in [-0.05, 0) is 54.4 Å². The van der Waals surface area contributed by atoms with E-state index in [1.54, 1.807) is 4.90 Å². The van der Waals surface area contributed by atoms with Crippen molar-refractivity contribution in [1.82, 2.24) is 9.80 Å². The first-order valence-corrected chi connectivity index (χ1v) is 13.9. The molecule has 0 radical (unpaired) electrons. The van der Waals surface area contributed by atoms with Crippen LogP contribution in [0.25, 0.3) is 0 Å². The van der Waals surface area contributed by atoms with Crippen molar-refractivity contribution in [1.29, 1.82) is 0 Å². The van der Waals surface area contributed by atoms with Gasteiger partial charge in [0.15, 0.2) is 9.84 Å². The molecule has 2 aromatic carbocycles. The molecule has 33 heavy (non-hydrogen) atoms. The monoisotopic (exact) mass is 467 g/mol. The fourth-order valence-electron chi connectivity index (χ4n) is 5.15. The molecule has 1 unspecified atom stereocenters. The van der Waals surface area contributed by atoms with Crippen LogP contribution >= 0.6 is 0 Å². The summed E-state index contributed by atoms with van der Waals surface area (Å²) in [7, 11) is -3.07. The number of anilines is 1. The Labute approximate surface area is 196 Å². The van der Waals surface area contributed by atoms with Crippen LogP contribution in [0, 0.1) is 5.92 Å².